The number of aromatic carboxylic acids is 1. The molecule has 100 valence electrons. The Morgan fingerprint density at radius 3 is 2.95 bits per heavy atom. The zero-order valence-electron chi connectivity index (χ0n) is 9.71. The van der Waals surface area contributed by atoms with E-state index in [9.17, 15) is 9.90 Å². The van der Waals surface area contributed by atoms with Crippen molar-refractivity contribution in [3.05, 3.63) is 45.2 Å². The quantitative estimate of drug-likeness (QED) is 0.739. The van der Waals surface area contributed by atoms with Crippen LogP contribution in [-0.2, 0) is 0 Å². The summed E-state index contributed by atoms with van der Waals surface area (Å²) < 4.78 is 0. The molecule has 0 aliphatic heterocycles. The zero-order chi connectivity index (χ0) is 13.8. The highest BCUT2D eigenvalue weighted by Crippen LogP contribution is 2.18. The first-order chi connectivity index (χ1) is 9.06. The number of nitrogens with one attached hydrogen (secondary N) is 1. The van der Waals surface area contributed by atoms with Gasteiger partial charge in [-0.3, -0.25) is 0 Å². The van der Waals surface area contributed by atoms with Gasteiger partial charge in [-0.15, -0.1) is 0 Å². The highest BCUT2D eigenvalue weighted by molar-refractivity contribution is 7.07. The summed E-state index contributed by atoms with van der Waals surface area (Å²) in [6.45, 7) is 0.225. The number of nitrogens with zero attached hydrogens (tertiary/aromatic N) is 1. The first-order valence-electron chi connectivity index (χ1n) is 5.41. The van der Waals surface area contributed by atoms with Gasteiger partial charge in [-0.2, -0.15) is 11.3 Å². The van der Waals surface area contributed by atoms with Crippen molar-refractivity contribution < 1.29 is 15.0 Å². The Balaban J connectivity index is 2.05. The van der Waals surface area contributed by atoms with Crippen molar-refractivity contribution in [3.63, 3.8) is 0 Å². The molecule has 1 unspecified atom stereocenters. The molecule has 19 heavy (non-hydrogen) atoms. The Morgan fingerprint density at radius 2 is 2.32 bits per heavy atom. The van der Waals surface area contributed by atoms with Crippen molar-refractivity contribution in [2.24, 2.45) is 0 Å². The fourth-order valence-electron chi connectivity index (χ4n) is 1.49. The van der Waals surface area contributed by atoms with Gasteiger partial charge in [0.2, 0.25) is 0 Å². The third-order valence-corrected chi connectivity index (χ3v) is 3.34. The smallest absolute Gasteiger partial charge is 0.335 e. The average Bonchev–Trinajstić information content (AvgIpc) is 2.89. The lowest BCUT2D eigenvalue weighted by atomic mass is 10.2. The second-order valence-corrected chi connectivity index (χ2v) is 4.99. The SMILES string of the molecule is O=C(O)c1cc(Cl)nc(NCC(O)c2ccsc2)c1. The highest BCUT2D eigenvalue weighted by atomic mass is 35.5. The maximum atomic E-state index is 10.9. The first kappa shape index (κ1) is 13.8. The van der Waals surface area contributed by atoms with Crippen LogP contribution in [0.15, 0.2) is 29.0 Å². The molecule has 5 nitrogen and oxygen atoms in total. The van der Waals surface area contributed by atoms with Crippen molar-refractivity contribution in [2.75, 3.05) is 11.9 Å². The van der Waals surface area contributed by atoms with E-state index in [0.29, 0.717) is 5.82 Å². The average molecular weight is 299 g/mol. The van der Waals surface area contributed by atoms with E-state index in [1.807, 2.05) is 16.8 Å². The van der Waals surface area contributed by atoms with Crippen LogP contribution in [0, 0.1) is 0 Å². The standard InChI is InChI=1S/C12H11ClN2O3S/c13-10-3-8(12(17)18)4-11(15-10)14-5-9(16)7-1-2-19-6-7/h1-4,6,9,16H,5H2,(H,14,15)(H,17,18). The molecule has 2 aromatic heterocycles. The molecule has 0 bridgehead atoms. The van der Waals surface area contributed by atoms with Gasteiger partial charge in [0.05, 0.1) is 11.7 Å². The maximum Gasteiger partial charge on any atom is 0.335 e. The van der Waals surface area contributed by atoms with Crippen molar-refractivity contribution in [1.82, 2.24) is 4.98 Å². The molecule has 0 spiro atoms. The third kappa shape index (κ3) is 3.66. The number of aliphatic hydroxyl groups excluding tert-OH is 1. The number of carboxylic acids is 1. The van der Waals surface area contributed by atoms with E-state index in [1.54, 1.807) is 0 Å². The third-order valence-electron chi connectivity index (χ3n) is 2.45. The van der Waals surface area contributed by atoms with Gasteiger partial charge in [0.25, 0.3) is 0 Å². The number of aliphatic hydroxyl groups is 1. The molecular formula is C12H11ClN2O3S. The van der Waals surface area contributed by atoms with Crippen molar-refractivity contribution in [3.8, 4) is 0 Å². The summed E-state index contributed by atoms with van der Waals surface area (Å²) in [5.74, 6) is -0.759. The summed E-state index contributed by atoms with van der Waals surface area (Å²) in [6.07, 6.45) is -0.680. The number of aromatic nitrogens is 1. The summed E-state index contributed by atoms with van der Waals surface area (Å²) in [5, 5.41) is 25.5. The van der Waals surface area contributed by atoms with Gasteiger partial charge in [0.15, 0.2) is 0 Å². The summed E-state index contributed by atoms with van der Waals surface area (Å²) in [5.41, 5.74) is 0.852. The second-order valence-electron chi connectivity index (χ2n) is 3.82. The number of hydrogen-bond acceptors (Lipinski definition) is 5. The van der Waals surface area contributed by atoms with E-state index < -0.39 is 12.1 Å². The molecule has 2 heterocycles. The van der Waals surface area contributed by atoms with Crippen LogP contribution in [0.5, 0.6) is 0 Å². The number of carboxylic acid groups (broad SMARTS) is 1. The van der Waals surface area contributed by atoms with Gasteiger partial charge in [-0.25, -0.2) is 9.78 Å². The van der Waals surface area contributed by atoms with E-state index in [1.165, 1.54) is 23.5 Å². The molecule has 0 aromatic carbocycles. The minimum Gasteiger partial charge on any atom is -0.478 e. The van der Waals surface area contributed by atoms with E-state index in [-0.39, 0.29) is 17.3 Å². The molecule has 0 saturated carbocycles. The maximum absolute atomic E-state index is 10.9. The Hall–Kier alpha value is -1.63. The summed E-state index contributed by atoms with van der Waals surface area (Å²) in [6, 6.07) is 4.46. The van der Waals surface area contributed by atoms with E-state index in [0.717, 1.165) is 5.56 Å². The molecule has 0 amide bonds. The Labute approximate surface area is 118 Å². The summed E-state index contributed by atoms with van der Waals surface area (Å²) in [7, 11) is 0. The van der Waals surface area contributed by atoms with Crippen LogP contribution in [0.2, 0.25) is 5.15 Å². The van der Waals surface area contributed by atoms with Crippen LogP contribution in [0.4, 0.5) is 5.82 Å². The van der Waals surface area contributed by atoms with Gasteiger partial charge in [0, 0.05) is 6.54 Å². The molecular weight excluding hydrogens is 288 g/mol. The number of thiophene rings is 1. The first-order valence-corrected chi connectivity index (χ1v) is 6.73. The summed E-state index contributed by atoms with van der Waals surface area (Å²) >= 11 is 7.23. The number of halogens is 1. The fourth-order valence-corrected chi connectivity index (χ4v) is 2.41. The predicted octanol–water partition coefficient (Wildman–Crippen LogP) is 2.64. The lowest BCUT2D eigenvalue weighted by Crippen LogP contribution is -2.13. The Kier molecular flexibility index (Phi) is 4.36. The Bertz CT molecular complexity index is 574. The van der Waals surface area contributed by atoms with Crippen molar-refractivity contribution in [2.45, 2.75) is 6.10 Å². The van der Waals surface area contributed by atoms with Crippen molar-refractivity contribution in [1.29, 1.82) is 0 Å². The number of carbonyl (C=O) groups is 1. The molecule has 0 saturated heterocycles. The molecule has 0 radical (unpaired) electrons. The topological polar surface area (TPSA) is 82.5 Å². The molecule has 1 atom stereocenters. The van der Waals surface area contributed by atoms with E-state index in [4.69, 9.17) is 16.7 Å². The van der Waals surface area contributed by atoms with Crippen LogP contribution in [-0.4, -0.2) is 27.7 Å². The van der Waals surface area contributed by atoms with Crippen LogP contribution in [0.25, 0.3) is 0 Å². The predicted molar refractivity (Wildman–Crippen MR) is 74.0 cm³/mol. The minimum absolute atomic E-state index is 0.0486. The number of rotatable bonds is 5. The highest BCUT2D eigenvalue weighted by Gasteiger charge is 2.10. The normalized spacial score (nSPS) is 12.1. The fraction of sp³-hybridized carbons (Fsp3) is 0.167. The molecule has 0 aliphatic carbocycles. The van der Waals surface area contributed by atoms with Crippen LogP contribution in [0.3, 0.4) is 0 Å². The van der Waals surface area contributed by atoms with Gasteiger partial charge in [0.1, 0.15) is 11.0 Å². The number of hydrogen-bond donors (Lipinski definition) is 3. The van der Waals surface area contributed by atoms with Gasteiger partial charge >= 0.3 is 5.97 Å². The van der Waals surface area contributed by atoms with Crippen molar-refractivity contribution >= 4 is 34.7 Å². The summed E-state index contributed by atoms with van der Waals surface area (Å²) in [4.78, 5) is 14.8. The Morgan fingerprint density at radius 1 is 1.53 bits per heavy atom. The minimum atomic E-state index is -1.08. The second kappa shape index (κ2) is 6.01. The lowest BCUT2D eigenvalue weighted by Gasteiger charge is -2.11. The molecule has 0 fully saturated rings. The van der Waals surface area contributed by atoms with Gasteiger partial charge in [-0.05, 0) is 34.5 Å². The molecule has 0 aliphatic rings. The number of anilines is 1. The van der Waals surface area contributed by atoms with Crippen LogP contribution >= 0.6 is 22.9 Å². The largest absolute Gasteiger partial charge is 0.478 e. The molecule has 3 N–H and O–H groups in total. The zero-order valence-corrected chi connectivity index (χ0v) is 11.3. The molecule has 7 heteroatoms. The van der Waals surface area contributed by atoms with Gasteiger partial charge in [-0.1, -0.05) is 11.6 Å². The van der Waals surface area contributed by atoms with Crippen LogP contribution in [0.1, 0.15) is 22.0 Å². The van der Waals surface area contributed by atoms with E-state index >= 15 is 0 Å². The number of pyridine rings is 1. The monoisotopic (exact) mass is 298 g/mol. The molecule has 2 aromatic rings. The molecule has 2 rings (SSSR count). The van der Waals surface area contributed by atoms with Gasteiger partial charge < -0.3 is 15.5 Å². The lowest BCUT2D eigenvalue weighted by molar-refractivity contribution is 0.0697. The van der Waals surface area contributed by atoms with Crippen LogP contribution < -0.4 is 5.32 Å². The van der Waals surface area contributed by atoms with E-state index in [2.05, 4.69) is 10.3 Å².